The zero-order valence-corrected chi connectivity index (χ0v) is 6.93. The van der Waals surface area contributed by atoms with E-state index in [-0.39, 0.29) is 0 Å². The van der Waals surface area contributed by atoms with E-state index < -0.39 is 0 Å². The molecule has 0 saturated carbocycles. The molecule has 1 aliphatic heterocycles. The predicted molar refractivity (Wildman–Crippen MR) is 43.8 cm³/mol. The third kappa shape index (κ3) is 1.70. The lowest BCUT2D eigenvalue weighted by Gasteiger charge is -2.32. The maximum Gasteiger partial charge on any atom is 0.0168 e. The first kappa shape index (κ1) is 8.02. The van der Waals surface area contributed by atoms with Gasteiger partial charge in [-0.05, 0) is 18.8 Å². The Balaban J connectivity index is 2.36. The van der Waals surface area contributed by atoms with Crippen molar-refractivity contribution in [2.45, 2.75) is 38.8 Å². The molecule has 60 valence electrons. The van der Waals surface area contributed by atoms with Crippen molar-refractivity contribution >= 4 is 0 Å². The summed E-state index contributed by atoms with van der Waals surface area (Å²) in [6.45, 7) is 5.51. The number of hydrogen-bond acceptors (Lipinski definition) is 2. The average molecular weight is 142 g/mol. The molecule has 0 radical (unpaired) electrons. The third-order valence-electron chi connectivity index (χ3n) is 2.44. The minimum Gasteiger partial charge on any atom is -0.327 e. The summed E-state index contributed by atoms with van der Waals surface area (Å²) < 4.78 is 0. The van der Waals surface area contributed by atoms with E-state index in [9.17, 15) is 0 Å². The van der Waals surface area contributed by atoms with E-state index in [1.807, 2.05) is 0 Å². The first-order chi connectivity index (χ1) is 4.74. The molecule has 0 spiro atoms. The van der Waals surface area contributed by atoms with Crippen molar-refractivity contribution in [3.8, 4) is 0 Å². The molecule has 0 aromatic rings. The van der Waals surface area contributed by atoms with Gasteiger partial charge < -0.3 is 11.1 Å². The molecule has 0 amide bonds. The summed E-state index contributed by atoms with van der Waals surface area (Å²) in [5.74, 6) is 0.758. The molecule has 0 aromatic heterocycles. The molecular formula is C8H18N2. The number of hydrogen-bond donors (Lipinski definition) is 2. The van der Waals surface area contributed by atoms with Gasteiger partial charge in [-0.2, -0.15) is 0 Å². The van der Waals surface area contributed by atoms with Crippen LogP contribution in [0.25, 0.3) is 0 Å². The maximum atomic E-state index is 5.78. The van der Waals surface area contributed by atoms with Crippen LogP contribution in [0.3, 0.4) is 0 Å². The van der Waals surface area contributed by atoms with Crippen molar-refractivity contribution in [3.05, 3.63) is 0 Å². The van der Waals surface area contributed by atoms with Gasteiger partial charge in [-0.15, -0.1) is 0 Å². The number of piperidine rings is 1. The molecule has 0 aliphatic carbocycles. The number of rotatable bonds is 1. The van der Waals surface area contributed by atoms with Crippen LogP contribution < -0.4 is 11.1 Å². The van der Waals surface area contributed by atoms with Crippen molar-refractivity contribution in [1.82, 2.24) is 5.32 Å². The van der Waals surface area contributed by atoms with Crippen LogP contribution in [0.1, 0.15) is 26.7 Å². The number of nitrogens with one attached hydrogen (secondary N) is 1. The molecule has 10 heavy (non-hydrogen) atoms. The highest BCUT2D eigenvalue weighted by Crippen LogP contribution is 2.16. The fourth-order valence-electron chi connectivity index (χ4n) is 1.78. The van der Waals surface area contributed by atoms with E-state index in [0.717, 1.165) is 12.5 Å². The lowest BCUT2D eigenvalue weighted by atomic mass is 9.89. The molecule has 3 unspecified atom stereocenters. The van der Waals surface area contributed by atoms with Gasteiger partial charge in [-0.3, -0.25) is 0 Å². The van der Waals surface area contributed by atoms with E-state index >= 15 is 0 Å². The Morgan fingerprint density at radius 1 is 1.60 bits per heavy atom. The standard InChI is InChI=1S/C8H18N2/c1-3-8-6(2)4-7(9)5-10-8/h6-8,10H,3-5,9H2,1-2H3. The molecular weight excluding hydrogens is 124 g/mol. The fraction of sp³-hybridized carbons (Fsp3) is 1.00. The predicted octanol–water partition coefficient (Wildman–Crippen LogP) is 0.722. The van der Waals surface area contributed by atoms with Gasteiger partial charge in [0.05, 0.1) is 0 Å². The monoisotopic (exact) mass is 142 g/mol. The first-order valence-corrected chi connectivity index (χ1v) is 4.23. The smallest absolute Gasteiger partial charge is 0.0168 e. The molecule has 1 heterocycles. The van der Waals surface area contributed by atoms with E-state index in [4.69, 9.17) is 5.73 Å². The van der Waals surface area contributed by atoms with Gasteiger partial charge in [0.2, 0.25) is 0 Å². The van der Waals surface area contributed by atoms with Crippen molar-refractivity contribution in [3.63, 3.8) is 0 Å². The van der Waals surface area contributed by atoms with Crippen molar-refractivity contribution in [2.75, 3.05) is 6.54 Å². The van der Waals surface area contributed by atoms with E-state index in [1.54, 1.807) is 0 Å². The third-order valence-corrected chi connectivity index (χ3v) is 2.44. The molecule has 0 aromatic carbocycles. The summed E-state index contributed by atoms with van der Waals surface area (Å²) in [6.07, 6.45) is 2.42. The van der Waals surface area contributed by atoms with E-state index in [0.29, 0.717) is 12.1 Å². The Morgan fingerprint density at radius 2 is 2.30 bits per heavy atom. The highest BCUT2D eigenvalue weighted by molar-refractivity contribution is 4.83. The summed E-state index contributed by atoms with van der Waals surface area (Å²) in [5.41, 5.74) is 5.78. The Labute approximate surface area is 63.2 Å². The summed E-state index contributed by atoms with van der Waals surface area (Å²) in [7, 11) is 0. The van der Waals surface area contributed by atoms with Gasteiger partial charge in [-0.1, -0.05) is 13.8 Å². The van der Waals surface area contributed by atoms with Gasteiger partial charge in [0.15, 0.2) is 0 Å². The van der Waals surface area contributed by atoms with Crippen LogP contribution in [0, 0.1) is 5.92 Å². The zero-order chi connectivity index (χ0) is 7.56. The van der Waals surface area contributed by atoms with Crippen molar-refractivity contribution < 1.29 is 0 Å². The Bertz CT molecular complexity index is 103. The topological polar surface area (TPSA) is 38.0 Å². The molecule has 1 saturated heterocycles. The molecule has 3 N–H and O–H groups in total. The van der Waals surface area contributed by atoms with Gasteiger partial charge in [-0.25, -0.2) is 0 Å². The summed E-state index contributed by atoms with van der Waals surface area (Å²) in [4.78, 5) is 0. The second-order valence-electron chi connectivity index (χ2n) is 3.40. The van der Waals surface area contributed by atoms with Gasteiger partial charge >= 0.3 is 0 Å². The fourth-order valence-corrected chi connectivity index (χ4v) is 1.78. The Morgan fingerprint density at radius 3 is 2.80 bits per heavy atom. The minimum atomic E-state index is 0.387. The molecule has 1 rings (SSSR count). The highest BCUT2D eigenvalue weighted by Gasteiger charge is 2.22. The number of nitrogens with two attached hydrogens (primary N) is 1. The van der Waals surface area contributed by atoms with Crippen LogP contribution in [-0.4, -0.2) is 18.6 Å². The lowest BCUT2D eigenvalue weighted by molar-refractivity contribution is 0.269. The second-order valence-corrected chi connectivity index (χ2v) is 3.40. The van der Waals surface area contributed by atoms with Crippen molar-refractivity contribution in [1.29, 1.82) is 0 Å². The van der Waals surface area contributed by atoms with Gasteiger partial charge in [0, 0.05) is 18.6 Å². The van der Waals surface area contributed by atoms with E-state index in [2.05, 4.69) is 19.2 Å². The largest absolute Gasteiger partial charge is 0.327 e. The van der Waals surface area contributed by atoms with Crippen LogP contribution in [0.15, 0.2) is 0 Å². The maximum absolute atomic E-state index is 5.78. The van der Waals surface area contributed by atoms with Crippen LogP contribution in [0.2, 0.25) is 0 Å². The van der Waals surface area contributed by atoms with Crippen LogP contribution in [0.5, 0.6) is 0 Å². The summed E-state index contributed by atoms with van der Waals surface area (Å²) in [5, 5.41) is 3.44. The van der Waals surface area contributed by atoms with E-state index in [1.165, 1.54) is 12.8 Å². The van der Waals surface area contributed by atoms with Crippen LogP contribution in [0.4, 0.5) is 0 Å². The van der Waals surface area contributed by atoms with Gasteiger partial charge in [0.25, 0.3) is 0 Å². The van der Waals surface area contributed by atoms with Crippen LogP contribution in [-0.2, 0) is 0 Å². The second kappa shape index (κ2) is 3.35. The molecule has 1 fully saturated rings. The molecule has 0 bridgehead atoms. The Hall–Kier alpha value is -0.0800. The van der Waals surface area contributed by atoms with Crippen molar-refractivity contribution in [2.24, 2.45) is 11.7 Å². The Kier molecular flexibility index (Phi) is 2.69. The zero-order valence-electron chi connectivity index (χ0n) is 6.93. The normalized spacial score (nSPS) is 41.7. The van der Waals surface area contributed by atoms with Crippen LogP contribution >= 0.6 is 0 Å². The summed E-state index contributed by atoms with van der Waals surface area (Å²) >= 11 is 0. The summed E-state index contributed by atoms with van der Waals surface area (Å²) in [6, 6.07) is 1.09. The average Bonchev–Trinajstić information content (AvgIpc) is 1.88. The molecule has 2 nitrogen and oxygen atoms in total. The SMILES string of the molecule is CCC1NCC(N)CC1C. The molecule has 1 aliphatic rings. The first-order valence-electron chi connectivity index (χ1n) is 4.23. The lowest BCUT2D eigenvalue weighted by Crippen LogP contribution is -2.49. The molecule has 2 heteroatoms. The van der Waals surface area contributed by atoms with Gasteiger partial charge in [0.1, 0.15) is 0 Å². The highest BCUT2D eigenvalue weighted by atomic mass is 15.0. The molecule has 3 atom stereocenters. The minimum absolute atomic E-state index is 0.387. The quantitative estimate of drug-likeness (QED) is 0.566.